The van der Waals surface area contributed by atoms with Gasteiger partial charge < -0.3 is 10.2 Å². The zero-order valence-corrected chi connectivity index (χ0v) is 21.7. The van der Waals surface area contributed by atoms with E-state index < -0.39 is 16.7 Å². The van der Waals surface area contributed by atoms with E-state index in [1.165, 1.54) is 30.3 Å². The Morgan fingerprint density at radius 1 is 1.05 bits per heavy atom. The number of halogens is 3. The molecule has 0 saturated heterocycles. The Kier molecular flexibility index (Phi) is 7.49. The van der Waals surface area contributed by atoms with Gasteiger partial charge in [0, 0.05) is 42.5 Å². The minimum Gasteiger partial charge on any atom is -0.378 e. The number of nitrogens with zero attached hydrogens (tertiary/aromatic N) is 4. The first kappa shape index (κ1) is 26.2. The van der Waals surface area contributed by atoms with Gasteiger partial charge in [-0.15, -0.1) is 5.10 Å². The van der Waals surface area contributed by atoms with E-state index in [9.17, 15) is 19.7 Å². The molecule has 4 rings (SSSR count). The molecule has 2 amide bonds. The molecule has 1 N–H and O–H groups in total. The summed E-state index contributed by atoms with van der Waals surface area (Å²) in [6.45, 7) is 0. The van der Waals surface area contributed by atoms with Crippen LogP contribution in [0.2, 0.25) is 15.1 Å². The van der Waals surface area contributed by atoms with Crippen molar-refractivity contribution in [1.29, 1.82) is 0 Å². The van der Waals surface area contributed by atoms with Crippen molar-refractivity contribution in [2.45, 2.75) is 0 Å². The third kappa shape index (κ3) is 5.59. The average Bonchev–Trinajstić information content (AvgIpc) is 3.13. The SMILES string of the molecule is CN(C)c1ccc(/C=C2\C(=O)N(c3c(Cl)cc(Cl)cc3Cl)N=C2NC(=O)c2cccc([N+](=O)[O-])c2)cc1. The summed E-state index contributed by atoms with van der Waals surface area (Å²) in [4.78, 5) is 38.9. The second kappa shape index (κ2) is 10.6. The molecule has 37 heavy (non-hydrogen) atoms. The number of hydrogen-bond donors (Lipinski definition) is 1. The van der Waals surface area contributed by atoms with Gasteiger partial charge in [0.15, 0.2) is 5.84 Å². The second-order valence-electron chi connectivity index (χ2n) is 8.09. The zero-order valence-electron chi connectivity index (χ0n) is 19.4. The molecule has 3 aromatic rings. The van der Waals surface area contributed by atoms with Gasteiger partial charge in [0.2, 0.25) is 0 Å². The molecular weight excluding hydrogens is 541 g/mol. The number of benzene rings is 3. The second-order valence-corrected chi connectivity index (χ2v) is 9.34. The van der Waals surface area contributed by atoms with Crippen molar-refractivity contribution in [2.24, 2.45) is 5.10 Å². The minimum atomic E-state index is -0.695. The lowest BCUT2D eigenvalue weighted by molar-refractivity contribution is -0.384. The first-order valence-corrected chi connectivity index (χ1v) is 11.8. The molecular formula is C25H18Cl3N5O4. The molecule has 0 radical (unpaired) electrons. The largest absolute Gasteiger partial charge is 0.378 e. The number of non-ortho nitro benzene ring substituents is 1. The van der Waals surface area contributed by atoms with Crippen LogP contribution >= 0.6 is 34.8 Å². The van der Waals surface area contributed by atoms with Crippen molar-refractivity contribution in [2.75, 3.05) is 24.0 Å². The highest BCUT2D eigenvalue weighted by atomic mass is 35.5. The van der Waals surface area contributed by atoms with Crippen molar-refractivity contribution in [1.82, 2.24) is 5.32 Å². The molecule has 0 aliphatic carbocycles. The number of anilines is 2. The Balaban J connectivity index is 1.76. The van der Waals surface area contributed by atoms with Gasteiger partial charge in [0.05, 0.1) is 20.5 Å². The van der Waals surface area contributed by atoms with Crippen molar-refractivity contribution in [3.05, 3.63) is 103 Å². The van der Waals surface area contributed by atoms with Crippen LogP contribution in [0.5, 0.6) is 0 Å². The van der Waals surface area contributed by atoms with Gasteiger partial charge in [-0.1, -0.05) is 53.0 Å². The third-order valence-corrected chi connectivity index (χ3v) is 6.14. The van der Waals surface area contributed by atoms with E-state index in [1.807, 2.05) is 31.1 Å². The van der Waals surface area contributed by atoms with Gasteiger partial charge in [-0.05, 0) is 42.0 Å². The van der Waals surface area contributed by atoms with Crippen LogP contribution < -0.4 is 15.2 Å². The number of carbonyl (C=O) groups excluding carboxylic acids is 2. The topological polar surface area (TPSA) is 108 Å². The molecule has 0 atom stereocenters. The monoisotopic (exact) mass is 557 g/mol. The number of amidine groups is 1. The Labute approximate surface area is 226 Å². The van der Waals surface area contributed by atoms with Crippen LogP contribution in [0.15, 0.2) is 71.3 Å². The molecule has 9 nitrogen and oxygen atoms in total. The fourth-order valence-corrected chi connectivity index (χ4v) is 4.48. The Morgan fingerprint density at radius 3 is 2.30 bits per heavy atom. The summed E-state index contributed by atoms with van der Waals surface area (Å²) >= 11 is 18.7. The lowest BCUT2D eigenvalue weighted by Crippen LogP contribution is -2.31. The van der Waals surface area contributed by atoms with Gasteiger partial charge in [-0.25, -0.2) is 0 Å². The fourth-order valence-electron chi connectivity index (χ4n) is 3.50. The van der Waals surface area contributed by atoms with Crippen LogP contribution in [-0.4, -0.2) is 36.7 Å². The highest BCUT2D eigenvalue weighted by Crippen LogP contribution is 2.39. The molecule has 0 spiro atoms. The molecule has 0 unspecified atom stereocenters. The van der Waals surface area contributed by atoms with Gasteiger partial charge in [0.25, 0.3) is 17.5 Å². The molecule has 3 aromatic carbocycles. The number of hydrogen-bond acceptors (Lipinski definition) is 6. The van der Waals surface area contributed by atoms with Crippen LogP contribution in [0.1, 0.15) is 15.9 Å². The van der Waals surface area contributed by atoms with Crippen LogP contribution in [0, 0.1) is 10.1 Å². The third-order valence-electron chi connectivity index (χ3n) is 5.34. The Morgan fingerprint density at radius 2 is 1.70 bits per heavy atom. The van der Waals surface area contributed by atoms with Crippen molar-refractivity contribution >= 4 is 75.6 Å². The minimum absolute atomic E-state index is 0.0139. The average molecular weight is 559 g/mol. The predicted molar refractivity (Wildman–Crippen MR) is 146 cm³/mol. The molecule has 0 fully saturated rings. The number of rotatable bonds is 5. The van der Waals surface area contributed by atoms with Gasteiger partial charge in [-0.2, -0.15) is 5.01 Å². The van der Waals surface area contributed by atoms with Gasteiger partial charge in [0.1, 0.15) is 5.69 Å². The highest BCUT2D eigenvalue weighted by molar-refractivity contribution is 6.44. The summed E-state index contributed by atoms with van der Waals surface area (Å²) in [5.74, 6) is -1.38. The summed E-state index contributed by atoms with van der Waals surface area (Å²) in [5, 5.41) is 19.4. The normalized spacial score (nSPS) is 14.1. The fraction of sp³-hybridized carbons (Fsp3) is 0.0800. The zero-order chi connectivity index (χ0) is 26.9. The number of nitro groups is 1. The van der Waals surface area contributed by atoms with E-state index in [-0.39, 0.29) is 43.4 Å². The van der Waals surface area contributed by atoms with E-state index >= 15 is 0 Å². The van der Waals surface area contributed by atoms with Gasteiger partial charge >= 0.3 is 0 Å². The first-order valence-electron chi connectivity index (χ1n) is 10.7. The van der Waals surface area contributed by atoms with E-state index in [0.29, 0.717) is 5.56 Å². The first-order chi connectivity index (χ1) is 17.5. The van der Waals surface area contributed by atoms with Crippen molar-refractivity contribution in [3.63, 3.8) is 0 Å². The smallest absolute Gasteiger partial charge is 0.282 e. The maximum absolute atomic E-state index is 13.5. The van der Waals surface area contributed by atoms with Gasteiger partial charge in [-0.3, -0.25) is 19.7 Å². The van der Waals surface area contributed by atoms with Crippen LogP contribution in [0.3, 0.4) is 0 Å². The van der Waals surface area contributed by atoms with E-state index in [4.69, 9.17) is 34.8 Å². The molecule has 1 aliphatic rings. The molecule has 188 valence electrons. The number of amides is 2. The number of carbonyl (C=O) groups is 2. The van der Waals surface area contributed by atoms with Crippen LogP contribution in [0.4, 0.5) is 17.1 Å². The standard InChI is InChI=1S/C25H18Cl3N5O4/c1-31(2)17-8-6-14(7-9-17)10-19-23(29-24(34)15-4-3-5-18(11-15)33(36)37)30-32(25(19)35)22-20(27)12-16(26)13-21(22)28/h3-13H,1-2H3,(H,29,30,34)/b19-10-. The quantitative estimate of drug-likeness (QED) is 0.242. The lowest BCUT2D eigenvalue weighted by Gasteiger charge is -2.15. The van der Waals surface area contributed by atoms with E-state index in [1.54, 1.807) is 18.2 Å². The van der Waals surface area contributed by atoms with E-state index in [2.05, 4.69) is 10.4 Å². The molecule has 0 aromatic heterocycles. The molecule has 1 heterocycles. The van der Waals surface area contributed by atoms with E-state index in [0.717, 1.165) is 16.8 Å². The van der Waals surface area contributed by atoms with Crippen LogP contribution in [0.25, 0.3) is 6.08 Å². The molecule has 1 aliphatic heterocycles. The lowest BCUT2D eigenvalue weighted by atomic mass is 10.1. The predicted octanol–water partition coefficient (Wildman–Crippen LogP) is 5.79. The summed E-state index contributed by atoms with van der Waals surface area (Å²) in [7, 11) is 3.80. The van der Waals surface area contributed by atoms with Crippen molar-refractivity contribution in [3.8, 4) is 0 Å². The molecule has 12 heteroatoms. The summed E-state index contributed by atoms with van der Waals surface area (Å²) in [6, 6.07) is 15.4. The van der Waals surface area contributed by atoms with Crippen molar-refractivity contribution < 1.29 is 14.5 Å². The molecule has 0 saturated carbocycles. The molecule has 0 bridgehead atoms. The Bertz CT molecular complexity index is 1460. The maximum atomic E-state index is 13.5. The summed E-state index contributed by atoms with van der Waals surface area (Å²) in [5.41, 5.74) is 1.52. The number of nitro benzene ring substituents is 1. The summed E-state index contributed by atoms with van der Waals surface area (Å²) in [6.07, 6.45) is 1.56. The number of nitrogens with one attached hydrogen (secondary N) is 1. The van der Waals surface area contributed by atoms with Crippen LogP contribution in [-0.2, 0) is 4.79 Å². The Hall–Kier alpha value is -3.92. The maximum Gasteiger partial charge on any atom is 0.282 e. The number of hydrazone groups is 1. The summed E-state index contributed by atoms with van der Waals surface area (Å²) < 4.78 is 0. The highest BCUT2D eigenvalue weighted by Gasteiger charge is 2.35.